The lowest BCUT2D eigenvalue weighted by Crippen LogP contribution is -2.09. The summed E-state index contributed by atoms with van der Waals surface area (Å²) in [5.41, 5.74) is 8.14. The molecule has 2 heteroatoms. The minimum Gasteiger partial charge on any atom is -0.455 e. The van der Waals surface area contributed by atoms with Gasteiger partial charge in [-0.1, -0.05) is 188 Å². The average molecular weight is 790 g/mol. The summed E-state index contributed by atoms with van der Waals surface area (Å²) >= 11 is 0. The molecule has 290 valence electrons. The van der Waals surface area contributed by atoms with Gasteiger partial charge in [0.15, 0.2) is 0 Å². The number of benzene rings is 12. The Hall–Kier alpha value is -8.20. The summed E-state index contributed by atoms with van der Waals surface area (Å²) in [5, 5.41) is 14.1. The van der Waals surface area contributed by atoms with E-state index in [1.54, 1.807) is 0 Å². The second kappa shape index (κ2) is 14.8. The molecule has 0 saturated heterocycles. The van der Waals surface area contributed by atoms with Crippen molar-refractivity contribution in [3.05, 3.63) is 237 Å². The Labute approximate surface area is 360 Å². The van der Waals surface area contributed by atoms with Crippen LogP contribution in [0.25, 0.3) is 86.9 Å². The summed E-state index contributed by atoms with van der Waals surface area (Å²) in [4.78, 5) is 2.37. The molecular formula is C60H39NO. The highest BCUT2D eigenvalue weighted by Crippen LogP contribution is 2.47. The number of hydrogen-bond donors (Lipinski definition) is 0. The van der Waals surface area contributed by atoms with E-state index in [4.69, 9.17) is 4.74 Å². The highest BCUT2D eigenvalue weighted by atomic mass is 16.5. The van der Waals surface area contributed by atoms with Gasteiger partial charge in [-0.3, -0.25) is 0 Å². The molecule has 62 heavy (non-hydrogen) atoms. The first kappa shape index (κ1) is 35.7. The van der Waals surface area contributed by atoms with Crippen molar-refractivity contribution in [3.8, 4) is 33.8 Å². The van der Waals surface area contributed by atoms with Crippen LogP contribution in [-0.4, -0.2) is 0 Å². The number of hydrogen-bond acceptors (Lipinski definition) is 2. The van der Waals surface area contributed by atoms with E-state index in [2.05, 4.69) is 241 Å². The zero-order valence-electron chi connectivity index (χ0n) is 33.9. The van der Waals surface area contributed by atoms with E-state index in [0.29, 0.717) is 0 Å². The topological polar surface area (TPSA) is 12.5 Å². The summed E-state index contributed by atoms with van der Waals surface area (Å²) in [7, 11) is 0. The van der Waals surface area contributed by atoms with Crippen molar-refractivity contribution in [1.82, 2.24) is 0 Å². The summed E-state index contributed by atoms with van der Waals surface area (Å²) in [6, 6.07) is 85.3. The highest BCUT2D eigenvalue weighted by molar-refractivity contribution is 6.18. The van der Waals surface area contributed by atoms with Crippen LogP contribution < -0.4 is 9.64 Å². The molecule has 0 aliphatic carbocycles. The first-order chi connectivity index (χ1) is 30.7. The summed E-state index contributed by atoms with van der Waals surface area (Å²) in [6.07, 6.45) is 0. The Morgan fingerprint density at radius 3 is 1.47 bits per heavy atom. The van der Waals surface area contributed by atoms with E-state index in [9.17, 15) is 0 Å². The van der Waals surface area contributed by atoms with E-state index >= 15 is 0 Å². The van der Waals surface area contributed by atoms with Gasteiger partial charge < -0.3 is 9.64 Å². The number of nitrogens with zero attached hydrogens (tertiary/aromatic N) is 1. The minimum atomic E-state index is 0.855. The molecule has 0 bridgehead atoms. The summed E-state index contributed by atoms with van der Waals surface area (Å²) < 4.78 is 6.95. The van der Waals surface area contributed by atoms with E-state index < -0.39 is 0 Å². The van der Waals surface area contributed by atoms with Crippen LogP contribution in [-0.2, 0) is 0 Å². The Kier molecular flexibility index (Phi) is 8.53. The van der Waals surface area contributed by atoms with Crippen molar-refractivity contribution in [2.45, 2.75) is 0 Å². The molecule has 0 aliphatic rings. The van der Waals surface area contributed by atoms with Crippen LogP contribution in [0.3, 0.4) is 0 Å². The van der Waals surface area contributed by atoms with Gasteiger partial charge in [0.1, 0.15) is 11.5 Å². The highest BCUT2D eigenvalue weighted by Gasteiger charge is 2.19. The predicted octanol–water partition coefficient (Wildman–Crippen LogP) is 17.2. The molecule has 0 heterocycles. The third-order valence-electron chi connectivity index (χ3n) is 12.4. The van der Waals surface area contributed by atoms with Crippen LogP contribution in [0.5, 0.6) is 11.5 Å². The maximum Gasteiger partial charge on any atom is 0.143 e. The average Bonchev–Trinajstić information content (AvgIpc) is 3.34. The zero-order chi connectivity index (χ0) is 41.0. The molecular weight excluding hydrogens is 751 g/mol. The molecule has 0 unspecified atom stereocenters. The second-order valence-corrected chi connectivity index (χ2v) is 16.1. The van der Waals surface area contributed by atoms with Crippen molar-refractivity contribution in [2.24, 2.45) is 0 Å². The van der Waals surface area contributed by atoms with Gasteiger partial charge in [-0.15, -0.1) is 0 Å². The monoisotopic (exact) mass is 789 g/mol. The van der Waals surface area contributed by atoms with Crippen LogP contribution in [0.1, 0.15) is 0 Å². The number of anilines is 3. The quantitative estimate of drug-likeness (QED) is 0.118. The van der Waals surface area contributed by atoms with Gasteiger partial charge in [0.2, 0.25) is 0 Å². The maximum atomic E-state index is 6.95. The molecule has 0 aliphatic heterocycles. The van der Waals surface area contributed by atoms with Gasteiger partial charge in [0, 0.05) is 33.2 Å². The van der Waals surface area contributed by atoms with Crippen LogP contribution in [0.4, 0.5) is 17.1 Å². The molecule has 2 nitrogen and oxygen atoms in total. The molecule has 12 aromatic rings. The van der Waals surface area contributed by atoms with Crippen LogP contribution in [0.2, 0.25) is 0 Å². The number of ether oxygens (including phenoxy) is 1. The standard InChI is InChI=1S/C60H39NO/c1-2-13-40(14-3-1)42-27-31-48(32-28-42)61(49-33-29-41-15-4-5-17-44(41)38-49)50-34-36-52-46(39-50)26-25-45-37-47(30-35-51(45)52)59-54-20-8-10-22-56(54)60(57-23-11-9-21-55(57)59)62-58-24-12-18-43-16-6-7-19-53(43)58/h1-39H. The number of rotatable bonds is 7. The molecule has 12 aromatic carbocycles. The molecule has 0 N–H and O–H groups in total. The summed E-state index contributed by atoms with van der Waals surface area (Å²) in [5.74, 6) is 1.73. The Morgan fingerprint density at radius 1 is 0.258 bits per heavy atom. The normalized spacial score (nSPS) is 11.5. The Morgan fingerprint density at radius 2 is 0.742 bits per heavy atom. The molecule has 0 aromatic heterocycles. The smallest absolute Gasteiger partial charge is 0.143 e. The molecule has 0 atom stereocenters. The fourth-order valence-electron chi connectivity index (χ4n) is 9.45. The Bertz CT molecular complexity index is 3600. The molecule has 0 amide bonds. The number of fused-ring (bicyclic) bond motifs is 7. The van der Waals surface area contributed by atoms with Gasteiger partial charge >= 0.3 is 0 Å². The van der Waals surface area contributed by atoms with Crippen LogP contribution in [0.15, 0.2) is 237 Å². The summed E-state index contributed by atoms with van der Waals surface area (Å²) in [6.45, 7) is 0. The lowest BCUT2D eigenvalue weighted by atomic mass is 9.89. The van der Waals surface area contributed by atoms with Crippen LogP contribution >= 0.6 is 0 Å². The van der Waals surface area contributed by atoms with Crippen molar-refractivity contribution in [2.75, 3.05) is 4.90 Å². The minimum absolute atomic E-state index is 0.855. The molecule has 0 radical (unpaired) electrons. The predicted molar refractivity (Wildman–Crippen MR) is 264 cm³/mol. The van der Waals surface area contributed by atoms with Crippen molar-refractivity contribution >= 4 is 81.7 Å². The molecule has 0 saturated carbocycles. The SMILES string of the molecule is c1ccc(-c2ccc(N(c3ccc4ccccc4c3)c3ccc4c(ccc5cc(-c6c7ccccc7c(Oc7cccc8ccccc78)c7ccccc67)ccc54)c3)cc2)cc1. The Balaban J connectivity index is 0.967. The molecule has 0 fully saturated rings. The van der Waals surface area contributed by atoms with Gasteiger partial charge in [0.25, 0.3) is 0 Å². The van der Waals surface area contributed by atoms with Gasteiger partial charge in [-0.25, -0.2) is 0 Å². The lowest BCUT2D eigenvalue weighted by molar-refractivity contribution is 0.499. The van der Waals surface area contributed by atoms with Crippen molar-refractivity contribution < 1.29 is 4.74 Å². The lowest BCUT2D eigenvalue weighted by Gasteiger charge is -2.26. The zero-order valence-corrected chi connectivity index (χ0v) is 33.9. The fourth-order valence-corrected chi connectivity index (χ4v) is 9.45. The third-order valence-corrected chi connectivity index (χ3v) is 12.4. The van der Waals surface area contributed by atoms with Crippen LogP contribution in [0, 0.1) is 0 Å². The van der Waals surface area contributed by atoms with E-state index in [-0.39, 0.29) is 0 Å². The van der Waals surface area contributed by atoms with E-state index in [0.717, 1.165) is 60.9 Å². The fraction of sp³-hybridized carbons (Fsp3) is 0. The first-order valence-corrected chi connectivity index (χ1v) is 21.2. The van der Waals surface area contributed by atoms with E-state index in [1.165, 1.54) is 54.6 Å². The first-order valence-electron chi connectivity index (χ1n) is 21.2. The van der Waals surface area contributed by atoms with E-state index in [1.807, 2.05) is 0 Å². The second-order valence-electron chi connectivity index (χ2n) is 16.1. The largest absolute Gasteiger partial charge is 0.455 e. The molecule has 0 spiro atoms. The van der Waals surface area contributed by atoms with Gasteiger partial charge in [-0.2, -0.15) is 0 Å². The van der Waals surface area contributed by atoms with Gasteiger partial charge in [0.05, 0.1) is 0 Å². The van der Waals surface area contributed by atoms with Crippen molar-refractivity contribution in [3.63, 3.8) is 0 Å². The maximum absolute atomic E-state index is 6.95. The third kappa shape index (κ3) is 6.12. The van der Waals surface area contributed by atoms with Crippen molar-refractivity contribution in [1.29, 1.82) is 0 Å². The molecule has 12 rings (SSSR count). The van der Waals surface area contributed by atoms with Gasteiger partial charge in [-0.05, 0) is 119 Å².